The molecule has 1 fully saturated rings. The topological polar surface area (TPSA) is 12.5 Å². The summed E-state index contributed by atoms with van der Waals surface area (Å²) in [6.07, 6.45) is 4.58. The molecule has 9 heavy (non-hydrogen) atoms. The first-order valence-corrected chi connectivity index (χ1v) is 4.00. The van der Waals surface area contributed by atoms with Gasteiger partial charge in [-0.05, 0) is 12.3 Å². The molecular weight excluding hydrogens is 112 g/mol. The van der Waals surface area contributed by atoms with E-state index >= 15 is 0 Å². The third-order valence-corrected chi connectivity index (χ3v) is 2.07. The summed E-state index contributed by atoms with van der Waals surface area (Å²) in [6.45, 7) is 5.52. The Balaban J connectivity index is 2.12. The van der Waals surface area contributed by atoms with E-state index in [1.165, 1.54) is 19.3 Å². The highest BCUT2D eigenvalue weighted by molar-refractivity contribution is 4.77. The molecule has 54 valence electrons. The van der Waals surface area contributed by atoms with E-state index in [-0.39, 0.29) is 0 Å². The zero-order chi connectivity index (χ0) is 6.69. The molecule has 1 aliphatic rings. The van der Waals surface area contributed by atoms with Crippen molar-refractivity contribution in [2.75, 3.05) is 6.61 Å². The zero-order valence-electron chi connectivity index (χ0n) is 6.39. The predicted octanol–water partition coefficient (Wildman–Crippen LogP) is 2.21. The fraction of sp³-hybridized carbons (Fsp3) is 1.00. The van der Waals surface area contributed by atoms with Crippen molar-refractivity contribution in [3.05, 3.63) is 0 Å². The van der Waals surface area contributed by atoms with Crippen LogP contribution in [0.1, 0.15) is 33.1 Å². The number of hydrogen-bond donors (Lipinski definition) is 0. The first kappa shape index (κ1) is 7.07. The molecule has 1 saturated heterocycles. The van der Waals surface area contributed by atoms with Gasteiger partial charge in [0.1, 0.15) is 0 Å². The lowest BCUT2D eigenvalue weighted by Gasteiger charge is -2.08. The van der Waals surface area contributed by atoms with Crippen LogP contribution in [0.2, 0.25) is 0 Å². The quantitative estimate of drug-likeness (QED) is 0.529. The van der Waals surface area contributed by atoms with E-state index in [0.717, 1.165) is 12.5 Å². The van der Waals surface area contributed by atoms with E-state index in [2.05, 4.69) is 13.8 Å². The molecule has 1 rings (SSSR count). The van der Waals surface area contributed by atoms with Gasteiger partial charge >= 0.3 is 0 Å². The Morgan fingerprint density at radius 2 is 2.22 bits per heavy atom. The molecule has 0 aromatic rings. The van der Waals surface area contributed by atoms with Gasteiger partial charge in [0.05, 0.1) is 12.7 Å². The molecule has 0 aliphatic carbocycles. The molecule has 0 radical (unpaired) electrons. The van der Waals surface area contributed by atoms with E-state index < -0.39 is 0 Å². The van der Waals surface area contributed by atoms with Crippen molar-refractivity contribution >= 4 is 0 Å². The van der Waals surface area contributed by atoms with Crippen molar-refractivity contribution in [2.24, 2.45) is 5.92 Å². The van der Waals surface area contributed by atoms with Crippen molar-refractivity contribution in [1.29, 1.82) is 0 Å². The highest BCUT2D eigenvalue weighted by atomic mass is 16.6. The first-order chi connectivity index (χ1) is 4.38. The first-order valence-electron chi connectivity index (χ1n) is 4.00. The summed E-state index contributed by atoms with van der Waals surface area (Å²) < 4.78 is 5.21. The fourth-order valence-electron chi connectivity index (χ4n) is 1.35. The van der Waals surface area contributed by atoms with Crippen LogP contribution in [0, 0.1) is 5.92 Å². The van der Waals surface area contributed by atoms with Crippen LogP contribution in [0.4, 0.5) is 0 Å². The molecule has 0 amide bonds. The van der Waals surface area contributed by atoms with Gasteiger partial charge < -0.3 is 4.74 Å². The second-order valence-corrected chi connectivity index (χ2v) is 2.83. The maximum absolute atomic E-state index is 5.21. The van der Waals surface area contributed by atoms with Crippen molar-refractivity contribution < 1.29 is 4.74 Å². The van der Waals surface area contributed by atoms with E-state index in [9.17, 15) is 0 Å². The molecule has 1 heteroatoms. The van der Waals surface area contributed by atoms with Gasteiger partial charge in [-0.15, -0.1) is 0 Å². The lowest BCUT2D eigenvalue weighted by atomic mass is 9.98. The molecule has 0 N–H and O–H groups in total. The maximum atomic E-state index is 5.21. The summed E-state index contributed by atoms with van der Waals surface area (Å²) in [5.74, 6) is 0.856. The second-order valence-electron chi connectivity index (χ2n) is 2.83. The predicted molar refractivity (Wildman–Crippen MR) is 38.4 cm³/mol. The fourth-order valence-corrected chi connectivity index (χ4v) is 1.35. The summed E-state index contributed by atoms with van der Waals surface area (Å²) in [7, 11) is 0. The van der Waals surface area contributed by atoms with Gasteiger partial charge in [-0.25, -0.2) is 0 Å². The second kappa shape index (κ2) is 3.21. The van der Waals surface area contributed by atoms with Crippen molar-refractivity contribution in [3.8, 4) is 0 Å². The van der Waals surface area contributed by atoms with Gasteiger partial charge in [0.15, 0.2) is 0 Å². The molecule has 0 bridgehead atoms. The zero-order valence-corrected chi connectivity index (χ0v) is 6.39. The van der Waals surface area contributed by atoms with Crippen LogP contribution >= 0.6 is 0 Å². The van der Waals surface area contributed by atoms with Crippen LogP contribution in [0.25, 0.3) is 0 Å². The van der Waals surface area contributed by atoms with E-state index in [1.807, 2.05) is 0 Å². The Morgan fingerprint density at radius 1 is 1.56 bits per heavy atom. The summed E-state index contributed by atoms with van der Waals surface area (Å²) in [4.78, 5) is 0. The van der Waals surface area contributed by atoms with E-state index in [0.29, 0.717) is 6.10 Å². The lowest BCUT2D eigenvalue weighted by Crippen LogP contribution is -2.05. The molecule has 0 spiro atoms. The Bertz CT molecular complexity index is 76.6. The molecule has 1 nitrogen and oxygen atoms in total. The lowest BCUT2D eigenvalue weighted by molar-refractivity contribution is 0.307. The SMILES string of the molecule is CCCC(CC)C1CO1. The molecule has 0 aromatic carbocycles. The van der Waals surface area contributed by atoms with Crippen molar-refractivity contribution in [3.63, 3.8) is 0 Å². The van der Waals surface area contributed by atoms with Crippen LogP contribution in [0.3, 0.4) is 0 Å². The monoisotopic (exact) mass is 128 g/mol. The summed E-state index contributed by atoms with van der Waals surface area (Å²) in [5.41, 5.74) is 0. The molecule has 2 unspecified atom stereocenters. The minimum Gasteiger partial charge on any atom is -0.373 e. The smallest absolute Gasteiger partial charge is 0.0837 e. The Hall–Kier alpha value is -0.0400. The van der Waals surface area contributed by atoms with Crippen LogP contribution in [-0.2, 0) is 4.74 Å². The average molecular weight is 128 g/mol. The van der Waals surface area contributed by atoms with E-state index in [4.69, 9.17) is 4.74 Å². The van der Waals surface area contributed by atoms with Gasteiger partial charge in [0, 0.05) is 0 Å². The minimum atomic E-state index is 0.634. The standard InChI is InChI=1S/C8H16O/c1-3-5-7(4-2)8-6-9-8/h7-8H,3-6H2,1-2H3. The van der Waals surface area contributed by atoms with Gasteiger partial charge in [-0.2, -0.15) is 0 Å². The molecular formula is C8H16O. The third kappa shape index (κ3) is 1.98. The Kier molecular flexibility index (Phi) is 2.52. The minimum absolute atomic E-state index is 0.634. The van der Waals surface area contributed by atoms with Gasteiger partial charge in [-0.3, -0.25) is 0 Å². The van der Waals surface area contributed by atoms with E-state index in [1.54, 1.807) is 0 Å². The highest BCUT2D eigenvalue weighted by Crippen LogP contribution is 2.26. The average Bonchev–Trinajstić information content (AvgIpc) is 2.64. The molecule has 2 atom stereocenters. The maximum Gasteiger partial charge on any atom is 0.0837 e. The van der Waals surface area contributed by atoms with Gasteiger partial charge in [0.25, 0.3) is 0 Å². The van der Waals surface area contributed by atoms with Crippen LogP contribution < -0.4 is 0 Å². The van der Waals surface area contributed by atoms with Crippen LogP contribution in [0.15, 0.2) is 0 Å². The molecule has 1 heterocycles. The van der Waals surface area contributed by atoms with Gasteiger partial charge in [0.2, 0.25) is 0 Å². The number of epoxide rings is 1. The normalized spacial score (nSPS) is 28.0. The number of rotatable bonds is 4. The summed E-state index contributed by atoms with van der Waals surface area (Å²) in [6, 6.07) is 0. The van der Waals surface area contributed by atoms with Gasteiger partial charge in [-0.1, -0.05) is 26.7 Å². The number of hydrogen-bond acceptors (Lipinski definition) is 1. The molecule has 1 aliphatic heterocycles. The largest absolute Gasteiger partial charge is 0.373 e. The Labute approximate surface area is 57.4 Å². The molecule has 0 saturated carbocycles. The summed E-state index contributed by atoms with van der Waals surface area (Å²) in [5, 5.41) is 0. The molecule has 0 aromatic heterocycles. The number of ether oxygens (including phenoxy) is 1. The van der Waals surface area contributed by atoms with Crippen molar-refractivity contribution in [1.82, 2.24) is 0 Å². The summed E-state index contributed by atoms with van der Waals surface area (Å²) >= 11 is 0. The van der Waals surface area contributed by atoms with Crippen LogP contribution in [-0.4, -0.2) is 12.7 Å². The van der Waals surface area contributed by atoms with Crippen LogP contribution in [0.5, 0.6) is 0 Å². The highest BCUT2D eigenvalue weighted by Gasteiger charge is 2.30. The Morgan fingerprint density at radius 3 is 2.56 bits per heavy atom. The third-order valence-electron chi connectivity index (χ3n) is 2.07. The van der Waals surface area contributed by atoms with Crippen molar-refractivity contribution in [2.45, 2.75) is 39.2 Å².